The molecule has 1 amide bonds. The van der Waals surface area contributed by atoms with E-state index < -0.39 is 0 Å². The predicted octanol–water partition coefficient (Wildman–Crippen LogP) is 2.63. The molecule has 0 aliphatic carbocycles. The Hall–Kier alpha value is -2.80. The van der Waals surface area contributed by atoms with Gasteiger partial charge < -0.3 is 5.32 Å². The Kier molecular flexibility index (Phi) is 4.81. The lowest BCUT2D eigenvalue weighted by atomic mass is 10.1. The van der Waals surface area contributed by atoms with Crippen molar-refractivity contribution in [1.82, 2.24) is 25.1 Å². The van der Waals surface area contributed by atoms with Gasteiger partial charge in [-0.3, -0.25) is 19.4 Å². The van der Waals surface area contributed by atoms with Crippen LogP contribution >= 0.6 is 12.2 Å². The molecule has 6 nitrogen and oxygen atoms in total. The molecule has 0 aliphatic heterocycles. The molecule has 0 saturated carbocycles. The number of carbonyl (C=O) groups is 1. The van der Waals surface area contributed by atoms with E-state index in [2.05, 4.69) is 20.5 Å². The average Bonchev–Trinajstić information content (AvgIpc) is 2.95. The summed E-state index contributed by atoms with van der Waals surface area (Å²) in [7, 11) is 0. The number of amides is 1. The van der Waals surface area contributed by atoms with Crippen LogP contribution in [0.15, 0.2) is 48.8 Å². The summed E-state index contributed by atoms with van der Waals surface area (Å²) in [5.74, 6) is 0.525. The van der Waals surface area contributed by atoms with E-state index in [1.165, 1.54) is 0 Å². The number of hydrogen-bond donors (Lipinski definition) is 2. The van der Waals surface area contributed by atoms with Crippen LogP contribution in [0.5, 0.6) is 0 Å². The van der Waals surface area contributed by atoms with Crippen molar-refractivity contribution in [3.63, 3.8) is 0 Å². The van der Waals surface area contributed by atoms with Gasteiger partial charge in [0.2, 0.25) is 5.91 Å². The summed E-state index contributed by atoms with van der Waals surface area (Å²) >= 11 is 5.25. The zero-order chi connectivity index (χ0) is 16.9. The lowest BCUT2D eigenvalue weighted by Crippen LogP contribution is -2.27. The quantitative estimate of drug-likeness (QED) is 0.701. The zero-order valence-electron chi connectivity index (χ0n) is 13.2. The molecule has 3 aromatic rings. The van der Waals surface area contributed by atoms with E-state index in [0.29, 0.717) is 17.1 Å². The first-order valence-electron chi connectivity index (χ1n) is 7.51. The van der Waals surface area contributed by atoms with Gasteiger partial charge >= 0.3 is 0 Å². The molecule has 2 N–H and O–H groups in total. The fourth-order valence-electron chi connectivity index (χ4n) is 2.29. The molecule has 0 saturated heterocycles. The van der Waals surface area contributed by atoms with Crippen molar-refractivity contribution in [2.24, 2.45) is 0 Å². The van der Waals surface area contributed by atoms with Crippen LogP contribution in [0, 0.1) is 11.7 Å². The molecule has 0 spiro atoms. The van der Waals surface area contributed by atoms with Crippen LogP contribution in [0.25, 0.3) is 11.4 Å². The summed E-state index contributed by atoms with van der Waals surface area (Å²) in [6.45, 7) is 2.59. The first kappa shape index (κ1) is 16.1. The highest BCUT2D eigenvalue weighted by Crippen LogP contribution is 2.17. The molecule has 0 atom stereocenters. The SMILES string of the molecule is Cc1ccc(-c2n[nH]c(=S)n2CC(=O)NCc2ccncc2)cc1. The second kappa shape index (κ2) is 7.18. The minimum atomic E-state index is -0.127. The molecule has 0 radical (unpaired) electrons. The topological polar surface area (TPSA) is 75.6 Å². The first-order valence-corrected chi connectivity index (χ1v) is 7.92. The number of aromatic amines is 1. The molecule has 2 aromatic heterocycles. The summed E-state index contributed by atoms with van der Waals surface area (Å²) in [5, 5.41) is 9.88. The minimum absolute atomic E-state index is 0.115. The maximum Gasteiger partial charge on any atom is 0.240 e. The summed E-state index contributed by atoms with van der Waals surface area (Å²) in [4.78, 5) is 16.2. The Bertz CT molecular complexity index is 883. The predicted molar refractivity (Wildman–Crippen MR) is 93.7 cm³/mol. The van der Waals surface area contributed by atoms with Crippen molar-refractivity contribution in [2.45, 2.75) is 20.0 Å². The smallest absolute Gasteiger partial charge is 0.240 e. The van der Waals surface area contributed by atoms with Gasteiger partial charge in [-0.25, -0.2) is 0 Å². The van der Waals surface area contributed by atoms with E-state index in [0.717, 1.165) is 16.7 Å². The summed E-state index contributed by atoms with van der Waals surface area (Å²) < 4.78 is 2.12. The molecule has 7 heteroatoms. The van der Waals surface area contributed by atoms with Gasteiger partial charge in [-0.05, 0) is 36.8 Å². The molecular weight excluding hydrogens is 322 g/mol. The fraction of sp³-hybridized carbons (Fsp3) is 0.176. The Morgan fingerprint density at radius 1 is 1.21 bits per heavy atom. The van der Waals surface area contributed by atoms with E-state index in [-0.39, 0.29) is 12.5 Å². The van der Waals surface area contributed by atoms with E-state index in [4.69, 9.17) is 12.2 Å². The first-order chi connectivity index (χ1) is 11.6. The van der Waals surface area contributed by atoms with Crippen molar-refractivity contribution >= 4 is 18.1 Å². The Morgan fingerprint density at radius 2 is 1.92 bits per heavy atom. The van der Waals surface area contributed by atoms with Gasteiger partial charge in [-0.1, -0.05) is 29.8 Å². The van der Waals surface area contributed by atoms with Crippen molar-refractivity contribution in [3.8, 4) is 11.4 Å². The average molecular weight is 339 g/mol. The van der Waals surface area contributed by atoms with E-state index in [9.17, 15) is 4.79 Å². The molecule has 0 bridgehead atoms. The third kappa shape index (κ3) is 3.75. The Labute approximate surface area is 144 Å². The van der Waals surface area contributed by atoms with Crippen LogP contribution in [0.3, 0.4) is 0 Å². The summed E-state index contributed by atoms with van der Waals surface area (Å²) in [6, 6.07) is 11.7. The third-order valence-corrected chi connectivity index (χ3v) is 3.92. The Balaban J connectivity index is 1.73. The van der Waals surface area contributed by atoms with Crippen molar-refractivity contribution in [2.75, 3.05) is 0 Å². The number of H-pyrrole nitrogens is 1. The van der Waals surface area contributed by atoms with Crippen LogP contribution in [0.4, 0.5) is 0 Å². The summed E-state index contributed by atoms with van der Waals surface area (Å²) in [6.07, 6.45) is 3.40. The van der Waals surface area contributed by atoms with Gasteiger partial charge in [0.1, 0.15) is 6.54 Å². The fourth-order valence-corrected chi connectivity index (χ4v) is 2.48. The van der Waals surface area contributed by atoms with E-state index in [1.54, 1.807) is 17.0 Å². The maximum absolute atomic E-state index is 12.2. The number of benzene rings is 1. The second-order valence-corrected chi connectivity index (χ2v) is 5.82. The number of aryl methyl sites for hydroxylation is 1. The van der Waals surface area contributed by atoms with Crippen LogP contribution < -0.4 is 5.32 Å². The highest BCUT2D eigenvalue weighted by Gasteiger charge is 2.12. The number of nitrogens with zero attached hydrogens (tertiary/aromatic N) is 3. The van der Waals surface area contributed by atoms with Crippen LogP contribution in [-0.4, -0.2) is 25.7 Å². The van der Waals surface area contributed by atoms with Gasteiger partial charge in [0.05, 0.1) is 0 Å². The normalized spacial score (nSPS) is 10.5. The highest BCUT2D eigenvalue weighted by atomic mass is 32.1. The third-order valence-electron chi connectivity index (χ3n) is 3.61. The minimum Gasteiger partial charge on any atom is -0.350 e. The molecule has 1 aromatic carbocycles. The van der Waals surface area contributed by atoms with Gasteiger partial charge in [0, 0.05) is 24.5 Å². The largest absolute Gasteiger partial charge is 0.350 e. The zero-order valence-corrected chi connectivity index (χ0v) is 14.0. The van der Waals surface area contributed by atoms with Crippen molar-refractivity contribution in [3.05, 3.63) is 64.7 Å². The second-order valence-electron chi connectivity index (χ2n) is 5.44. The highest BCUT2D eigenvalue weighted by molar-refractivity contribution is 7.71. The van der Waals surface area contributed by atoms with Crippen LogP contribution in [-0.2, 0) is 17.9 Å². The number of pyridine rings is 1. The van der Waals surface area contributed by atoms with E-state index in [1.807, 2.05) is 43.3 Å². The number of carbonyl (C=O) groups excluding carboxylic acids is 1. The van der Waals surface area contributed by atoms with Gasteiger partial charge in [0.25, 0.3) is 0 Å². The molecule has 122 valence electrons. The molecule has 0 unspecified atom stereocenters. The standard InChI is InChI=1S/C17H17N5OS/c1-12-2-4-14(5-3-12)16-20-21-17(24)22(16)11-15(23)19-10-13-6-8-18-9-7-13/h2-9H,10-11H2,1H3,(H,19,23)(H,21,24). The Morgan fingerprint density at radius 3 is 2.62 bits per heavy atom. The maximum atomic E-state index is 12.2. The number of aromatic nitrogens is 4. The monoisotopic (exact) mass is 339 g/mol. The summed E-state index contributed by atoms with van der Waals surface area (Å²) in [5.41, 5.74) is 3.07. The van der Waals surface area contributed by atoms with Gasteiger partial charge in [-0.15, -0.1) is 0 Å². The molecular formula is C17H17N5OS. The molecule has 2 heterocycles. The lowest BCUT2D eigenvalue weighted by Gasteiger charge is -2.08. The van der Waals surface area contributed by atoms with E-state index >= 15 is 0 Å². The van der Waals surface area contributed by atoms with Gasteiger partial charge in [0.15, 0.2) is 10.6 Å². The van der Waals surface area contributed by atoms with Crippen LogP contribution in [0.1, 0.15) is 11.1 Å². The lowest BCUT2D eigenvalue weighted by molar-refractivity contribution is -0.121. The number of hydrogen-bond acceptors (Lipinski definition) is 4. The molecule has 24 heavy (non-hydrogen) atoms. The molecule has 0 fully saturated rings. The van der Waals surface area contributed by atoms with Gasteiger partial charge in [-0.2, -0.15) is 5.10 Å². The van der Waals surface area contributed by atoms with Crippen LogP contribution in [0.2, 0.25) is 0 Å². The molecule has 3 rings (SSSR count). The number of rotatable bonds is 5. The van der Waals surface area contributed by atoms with Crippen molar-refractivity contribution in [1.29, 1.82) is 0 Å². The van der Waals surface area contributed by atoms with Crippen molar-refractivity contribution < 1.29 is 4.79 Å². The molecule has 0 aliphatic rings. The number of nitrogens with one attached hydrogen (secondary N) is 2.